The Balaban J connectivity index is 0.893. The van der Waals surface area contributed by atoms with Crippen LogP contribution < -0.4 is 0 Å². The number of ether oxygens (including phenoxy) is 8. The van der Waals surface area contributed by atoms with Gasteiger partial charge in [0.2, 0.25) is 6.29 Å². The highest BCUT2D eigenvalue weighted by Gasteiger charge is 2.70. The zero-order valence-corrected chi connectivity index (χ0v) is 42.8. The molecule has 4 saturated heterocycles. The summed E-state index contributed by atoms with van der Waals surface area (Å²) >= 11 is 0. The van der Waals surface area contributed by atoms with Crippen molar-refractivity contribution in [2.45, 2.75) is 229 Å². The zero-order chi connectivity index (χ0) is 53.1. The molecule has 0 aromatic heterocycles. The van der Waals surface area contributed by atoms with Gasteiger partial charge in [-0.15, -0.1) is 0 Å². The molecule has 9 aliphatic rings. The summed E-state index contributed by atoms with van der Waals surface area (Å²) in [6.07, 6.45) is -20.4. The monoisotopic (exact) mass is 1040 g/mol. The van der Waals surface area contributed by atoms with E-state index in [4.69, 9.17) is 37.9 Å². The van der Waals surface area contributed by atoms with Gasteiger partial charge in [0.25, 0.3) is 0 Å². The molecule has 5 aliphatic carbocycles. The van der Waals surface area contributed by atoms with Gasteiger partial charge in [0.05, 0.1) is 37.4 Å². The van der Waals surface area contributed by atoms with Gasteiger partial charge in [0.15, 0.2) is 18.9 Å². The Hall–Kier alpha value is -1.81. The summed E-state index contributed by atoms with van der Waals surface area (Å²) in [7, 11) is 0. The molecule has 0 radical (unpaired) electrons. The Morgan fingerprint density at radius 3 is 1.97 bits per heavy atom. The number of carbonyl (C=O) groups excluding carboxylic acids is 1. The van der Waals surface area contributed by atoms with Gasteiger partial charge in [-0.2, -0.15) is 0 Å². The van der Waals surface area contributed by atoms with Gasteiger partial charge in [-0.25, -0.2) is 0 Å². The summed E-state index contributed by atoms with van der Waals surface area (Å²) in [5.41, 5.74) is 0.276. The van der Waals surface area contributed by atoms with Crippen LogP contribution in [0.3, 0.4) is 0 Å². The number of aliphatic hydroxyl groups is 12. The van der Waals surface area contributed by atoms with E-state index in [0.29, 0.717) is 38.5 Å². The van der Waals surface area contributed by atoms with Gasteiger partial charge in [0.1, 0.15) is 85.5 Å². The van der Waals surface area contributed by atoms with E-state index in [9.17, 15) is 66.1 Å². The standard InChI is InChI=1S/C52H82O21/c1-22-10-15-52(47(65)73-45-38(62)36(60)33(57)27(19-53)68-45)17-16-50(6)24(25(52)18-22)8-9-30-49(5)13-12-31(48(3,4)29(49)11-14-51(30,50)7)70-43-39(63)41(26(55)21-66-43)71-46-40(64)42(34(58)28(20-54)69-46)72-44-37(61)35(59)32(56)23(2)67-44/h8,23,25-46,53-64H,1,9-21H2,2-7H3. The van der Waals surface area contributed by atoms with Crippen molar-refractivity contribution in [1.29, 1.82) is 0 Å². The third-order valence-electron chi connectivity index (χ3n) is 20.4. The fourth-order valence-corrected chi connectivity index (χ4v) is 15.8. The van der Waals surface area contributed by atoms with E-state index in [2.05, 4.69) is 47.3 Å². The minimum Gasteiger partial charge on any atom is -0.432 e. The number of aliphatic hydroxyl groups excluding tert-OH is 12. The normalized spacial score (nSPS) is 54.0. The molecule has 0 amide bonds. The smallest absolute Gasteiger partial charge is 0.315 e. The fourth-order valence-electron chi connectivity index (χ4n) is 15.8. The zero-order valence-electron chi connectivity index (χ0n) is 42.8. The molecule has 4 heterocycles. The summed E-state index contributed by atoms with van der Waals surface area (Å²) in [5, 5.41) is 128. The van der Waals surface area contributed by atoms with Crippen LogP contribution in [0.5, 0.6) is 0 Å². The second-order valence-corrected chi connectivity index (χ2v) is 24.4. The lowest BCUT2D eigenvalue weighted by Crippen LogP contribution is -2.66. The summed E-state index contributed by atoms with van der Waals surface area (Å²) in [4.78, 5) is 14.6. The molecule has 416 valence electrons. The second-order valence-electron chi connectivity index (χ2n) is 24.4. The van der Waals surface area contributed by atoms with Crippen molar-refractivity contribution in [3.05, 3.63) is 23.8 Å². The second kappa shape index (κ2) is 20.4. The number of hydrogen-bond donors (Lipinski definition) is 12. The molecule has 0 aromatic carbocycles. The number of allylic oxidation sites excluding steroid dienone is 3. The SMILES string of the molecule is C=C1CCC2(C(=O)OC3OC(CO)C(O)C(O)C3O)CCC3(C)C(=CCC4C5(C)CCC(OC6OCC(O)C(OC7OC(CO)C(O)C(OC8OC(C)C(O)C(O)C8O)C7O)C6O)C(C)(C)C5CCC43C)C2C1. The van der Waals surface area contributed by atoms with Crippen molar-refractivity contribution in [3.63, 3.8) is 0 Å². The highest BCUT2D eigenvalue weighted by Crippen LogP contribution is 2.75. The topological polar surface area (TPSA) is 334 Å². The lowest BCUT2D eigenvalue weighted by atomic mass is 9.34. The number of rotatable bonds is 10. The molecule has 9 rings (SSSR count). The van der Waals surface area contributed by atoms with Crippen LogP contribution in [-0.2, 0) is 42.7 Å². The summed E-state index contributed by atoms with van der Waals surface area (Å²) < 4.78 is 47.3. The van der Waals surface area contributed by atoms with E-state index >= 15 is 0 Å². The molecule has 12 N–H and O–H groups in total. The first-order chi connectivity index (χ1) is 34.3. The Morgan fingerprint density at radius 2 is 1.27 bits per heavy atom. The summed E-state index contributed by atoms with van der Waals surface area (Å²) in [6.45, 7) is 15.7. The third kappa shape index (κ3) is 9.02. The molecule has 4 aliphatic heterocycles. The quantitative estimate of drug-likeness (QED) is 0.0721. The van der Waals surface area contributed by atoms with E-state index in [1.54, 1.807) is 0 Å². The van der Waals surface area contributed by atoms with Crippen molar-refractivity contribution < 1.29 is 104 Å². The van der Waals surface area contributed by atoms with E-state index in [0.717, 1.165) is 31.3 Å². The van der Waals surface area contributed by atoms with Crippen LogP contribution in [-0.4, -0.2) is 210 Å². The van der Waals surface area contributed by atoms with Crippen LogP contribution in [0.1, 0.15) is 106 Å². The number of hydrogen-bond acceptors (Lipinski definition) is 21. The van der Waals surface area contributed by atoms with Crippen LogP contribution in [0.4, 0.5) is 0 Å². The van der Waals surface area contributed by atoms with Gasteiger partial charge in [-0.1, -0.05) is 58.4 Å². The predicted molar refractivity (Wildman–Crippen MR) is 251 cm³/mol. The van der Waals surface area contributed by atoms with E-state index in [1.807, 2.05) is 0 Å². The van der Waals surface area contributed by atoms with Gasteiger partial charge < -0.3 is 99.2 Å². The minimum absolute atomic E-state index is 0.155. The fraction of sp³-hybridized carbons (Fsp3) is 0.904. The van der Waals surface area contributed by atoms with Crippen molar-refractivity contribution in [3.8, 4) is 0 Å². The van der Waals surface area contributed by atoms with E-state index in [1.165, 1.54) is 12.5 Å². The van der Waals surface area contributed by atoms with Gasteiger partial charge in [-0.05, 0) is 105 Å². The first-order valence-corrected chi connectivity index (χ1v) is 26.4. The van der Waals surface area contributed by atoms with Crippen LogP contribution >= 0.6 is 0 Å². The molecule has 21 nitrogen and oxygen atoms in total. The van der Waals surface area contributed by atoms with Crippen molar-refractivity contribution >= 4 is 5.97 Å². The molecule has 21 heteroatoms. The lowest BCUT2D eigenvalue weighted by molar-refractivity contribution is -0.377. The molecule has 0 aromatic rings. The van der Waals surface area contributed by atoms with Crippen LogP contribution in [0.25, 0.3) is 0 Å². The van der Waals surface area contributed by atoms with E-state index in [-0.39, 0.29) is 40.6 Å². The maximum absolute atomic E-state index is 14.6. The van der Waals surface area contributed by atoms with Crippen molar-refractivity contribution in [1.82, 2.24) is 0 Å². The highest BCUT2D eigenvalue weighted by molar-refractivity contribution is 5.79. The maximum atomic E-state index is 14.6. The van der Waals surface area contributed by atoms with Crippen LogP contribution in [0.15, 0.2) is 23.8 Å². The van der Waals surface area contributed by atoms with Crippen LogP contribution in [0, 0.1) is 44.8 Å². The Kier molecular flexibility index (Phi) is 15.7. The minimum atomic E-state index is -1.84. The average Bonchev–Trinajstić information content (AvgIpc) is 3.34. The number of esters is 1. The molecular weight excluding hydrogens is 961 g/mol. The molecule has 27 unspecified atom stereocenters. The summed E-state index contributed by atoms with van der Waals surface area (Å²) in [6, 6.07) is 0. The number of carbonyl (C=O) groups is 1. The van der Waals surface area contributed by atoms with Crippen LogP contribution in [0.2, 0.25) is 0 Å². The molecule has 8 fully saturated rings. The largest absolute Gasteiger partial charge is 0.432 e. The molecule has 0 spiro atoms. The molecule has 27 atom stereocenters. The van der Waals surface area contributed by atoms with Crippen molar-refractivity contribution in [2.75, 3.05) is 19.8 Å². The first-order valence-electron chi connectivity index (χ1n) is 26.4. The third-order valence-corrected chi connectivity index (χ3v) is 20.4. The maximum Gasteiger partial charge on any atom is 0.315 e. The van der Waals surface area contributed by atoms with Gasteiger partial charge in [0, 0.05) is 5.92 Å². The molecular formula is C52H82O21. The Labute approximate surface area is 426 Å². The highest BCUT2D eigenvalue weighted by atomic mass is 16.8. The molecule has 0 bridgehead atoms. The Morgan fingerprint density at radius 1 is 0.658 bits per heavy atom. The van der Waals surface area contributed by atoms with Gasteiger partial charge >= 0.3 is 5.97 Å². The Bertz CT molecular complexity index is 2040. The van der Waals surface area contributed by atoms with E-state index < -0.39 is 153 Å². The van der Waals surface area contributed by atoms with Gasteiger partial charge in [-0.3, -0.25) is 4.79 Å². The molecule has 4 saturated carbocycles. The average molecular weight is 1040 g/mol. The molecule has 73 heavy (non-hydrogen) atoms. The summed E-state index contributed by atoms with van der Waals surface area (Å²) in [5.74, 6) is -0.323. The predicted octanol–water partition coefficient (Wildman–Crippen LogP) is -0.839. The van der Waals surface area contributed by atoms with Crippen molar-refractivity contribution in [2.24, 2.45) is 44.8 Å². The first kappa shape index (κ1) is 55.9. The lowest BCUT2D eigenvalue weighted by Gasteiger charge is -2.71. The number of fused-ring (bicyclic) bond motifs is 7.